The summed E-state index contributed by atoms with van der Waals surface area (Å²) in [6.45, 7) is 0.147. The number of ether oxygens (including phenoxy) is 1. The van der Waals surface area contributed by atoms with Crippen molar-refractivity contribution < 1.29 is 19.4 Å². The van der Waals surface area contributed by atoms with Gasteiger partial charge in [0.2, 0.25) is 0 Å². The molecule has 1 aliphatic rings. The van der Waals surface area contributed by atoms with E-state index in [0.717, 1.165) is 22.3 Å². The highest BCUT2D eigenvalue weighted by Gasteiger charge is 2.29. The van der Waals surface area contributed by atoms with Gasteiger partial charge in [0.1, 0.15) is 6.61 Å². The number of alkyl carbamates (subject to hydrolysis) is 1. The van der Waals surface area contributed by atoms with Crippen LogP contribution >= 0.6 is 15.9 Å². The highest BCUT2D eigenvalue weighted by molar-refractivity contribution is 9.09. The van der Waals surface area contributed by atoms with Gasteiger partial charge in [-0.3, -0.25) is 0 Å². The van der Waals surface area contributed by atoms with Crippen LogP contribution in [0, 0.1) is 0 Å². The molecule has 0 saturated heterocycles. The number of carboxylic acids is 1. The molecule has 0 fully saturated rings. The van der Waals surface area contributed by atoms with Crippen LogP contribution in [-0.2, 0) is 9.53 Å². The molecule has 1 atom stereocenters. The smallest absolute Gasteiger partial charge is 0.407 e. The second-order valence-corrected chi connectivity index (χ2v) is 6.61. The number of alkyl halides is 1. The maximum absolute atomic E-state index is 12.0. The predicted octanol–water partition coefficient (Wildman–Crippen LogP) is 2.43. The van der Waals surface area contributed by atoms with Gasteiger partial charge in [0.05, 0.1) is 12.0 Å². The molecule has 1 amide bonds. The van der Waals surface area contributed by atoms with Crippen molar-refractivity contribution in [2.75, 3.05) is 11.9 Å². The number of fused-ring (bicyclic) bond motifs is 3. The largest absolute Gasteiger partial charge is 0.548 e. The number of carbonyl (C=O) groups excluding carboxylic acids is 2. The first kappa shape index (κ1) is 17.5. The lowest BCUT2D eigenvalue weighted by Gasteiger charge is -2.20. The summed E-state index contributed by atoms with van der Waals surface area (Å²) in [6, 6.07) is 15.0. The topological polar surface area (TPSA) is 78.5 Å². The maximum Gasteiger partial charge on any atom is 0.407 e. The molecule has 0 aliphatic heterocycles. The molecule has 1 aliphatic carbocycles. The lowest BCUT2D eigenvalue weighted by molar-refractivity contribution is -0.308. The Labute approximate surface area is 154 Å². The minimum Gasteiger partial charge on any atom is -0.548 e. The Kier molecular flexibility index (Phi) is 5.38. The fourth-order valence-electron chi connectivity index (χ4n) is 3.14. The number of amides is 1. The van der Waals surface area contributed by atoms with Crippen molar-refractivity contribution in [2.45, 2.75) is 18.4 Å². The summed E-state index contributed by atoms with van der Waals surface area (Å²) in [6.07, 6.45) is -0.524. The van der Waals surface area contributed by atoms with E-state index in [9.17, 15) is 14.7 Å². The Morgan fingerprint density at radius 2 is 1.64 bits per heavy atom. The van der Waals surface area contributed by atoms with E-state index in [1.807, 2.05) is 36.4 Å². The third-order valence-electron chi connectivity index (χ3n) is 4.32. The Morgan fingerprint density at radius 1 is 1.08 bits per heavy atom. The second kappa shape index (κ2) is 7.70. The molecular weight excluding hydrogens is 386 g/mol. The fourth-order valence-corrected chi connectivity index (χ4v) is 3.60. The fraction of sp³-hybridized carbons (Fsp3) is 0.263. The van der Waals surface area contributed by atoms with Gasteiger partial charge in [0.25, 0.3) is 0 Å². The van der Waals surface area contributed by atoms with E-state index in [0.29, 0.717) is 5.33 Å². The zero-order valence-corrected chi connectivity index (χ0v) is 15.0. The molecular formula is C19H17BrNO4-. The molecule has 2 aromatic rings. The summed E-state index contributed by atoms with van der Waals surface area (Å²) >= 11 is 3.15. The average molecular weight is 403 g/mol. The zero-order chi connectivity index (χ0) is 17.8. The van der Waals surface area contributed by atoms with Gasteiger partial charge < -0.3 is 20.0 Å². The molecule has 0 unspecified atom stereocenters. The van der Waals surface area contributed by atoms with Gasteiger partial charge in [-0.15, -0.1) is 0 Å². The predicted molar refractivity (Wildman–Crippen MR) is 95.4 cm³/mol. The monoisotopic (exact) mass is 402 g/mol. The summed E-state index contributed by atoms with van der Waals surface area (Å²) in [5, 5.41) is 13.8. The molecule has 0 bridgehead atoms. The van der Waals surface area contributed by atoms with Crippen LogP contribution in [0.2, 0.25) is 0 Å². The number of carbonyl (C=O) groups is 2. The summed E-state index contributed by atoms with van der Waals surface area (Å²) in [5.41, 5.74) is 4.49. The van der Waals surface area contributed by atoms with Crippen molar-refractivity contribution in [3.8, 4) is 11.1 Å². The third kappa shape index (κ3) is 3.69. The highest BCUT2D eigenvalue weighted by Crippen LogP contribution is 2.44. The maximum atomic E-state index is 12.0. The molecule has 1 N–H and O–H groups in total. The number of hydrogen-bond acceptors (Lipinski definition) is 4. The van der Waals surface area contributed by atoms with Crippen LogP contribution in [0.1, 0.15) is 23.5 Å². The molecule has 5 nitrogen and oxygen atoms in total. The molecule has 130 valence electrons. The Bertz CT molecular complexity index is 747. The van der Waals surface area contributed by atoms with Crippen molar-refractivity contribution in [3.63, 3.8) is 0 Å². The first-order valence-electron chi connectivity index (χ1n) is 8.00. The second-order valence-electron chi connectivity index (χ2n) is 5.82. The third-order valence-corrected chi connectivity index (χ3v) is 4.78. The van der Waals surface area contributed by atoms with Crippen molar-refractivity contribution in [3.05, 3.63) is 59.7 Å². The van der Waals surface area contributed by atoms with Crippen LogP contribution < -0.4 is 10.4 Å². The van der Waals surface area contributed by atoms with Gasteiger partial charge in [-0.1, -0.05) is 64.5 Å². The normalized spacial score (nSPS) is 13.6. The molecule has 0 saturated carbocycles. The van der Waals surface area contributed by atoms with Crippen molar-refractivity contribution in [2.24, 2.45) is 0 Å². The van der Waals surface area contributed by atoms with E-state index in [1.165, 1.54) is 0 Å². The summed E-state index contributed by atoms with van der Waals surface area (Å²) in [4.78, 5) is 23.0. The van der Waals surface area contributed by atoms with E-state index < -0.39 is 18.1 Å². The molecule has 0 heterocycles. The van der Waals surface area contributed by atoms with E-state index in [4.69, 9.17) is 4.74 Å². The molecule has 0 aromatic heterocycles. The average Bonchev–Trinajstić information content (AvgIpc) is 2.93. The molecule has 2 aromatic carbocycles. The van der Waals surface area contributed by atoms with Crippen molar-refractivity contribution in [1.29, 1.82) is 0 Å². The lowest BCUT2D eigenvalue weighted by Crippen LogP contribution is -2.48. The van der Waals surface area contributed by atoms with Gasteiger partial charge >= 0.3 is 6.09 Å². The van der Waals surface area contributed by atoms with E-state index in [-0.39, 0.29) is 18.9 Å². The van der Waals surface area contributed by atoms with Gasteiger partial charge in [-0.25, -0.2) is 4.79 Å². The standard InChI is InChI=1S/C19H18BrNO4/c20-10-9-17(18(22)23)21-19(24)25-11-16-14-7-3-1-5-12(14)13-6-2-4-8-15(13)16/h1-8,16-17H,9-11H2,(H,21,24)(H,22,23)/p-1/t17-/m0/s1. The van der Waals surface area contributed by atoms with E-state index in [1.54, 1.807) is 0 Å². The number of nitrogens with one attached hydrogen (secondary N) is 1. The molecule has 0 spiro atoms. The van der Waals surface area contributed by atoms with E-state index in [2.05, 4.69) is 33.4 Å². The first-order chi connectivity index (χ1) is 12.1. The SMILES string of the molecule is O=C(N[C@@H](CCBr)C(=O)[O-])OCC1c2ccccc2-c2ccccc21. The van der Waals surface area contributed by atoms with Crippen LogP contribution in [0.25, 0.3) is 11.1 Å². The van der Waals surface area contributed by atoms with Crippen LogP contribution in [0.3, 0.4) is 0 Å². The van der Waals surface area contributed by atoms with Crippen LogP contribution in [-0.4, -0.2) is 30.0 Å². The number of aliphatic carboxylic acids is 1. The quantitative estimate of drug-likeness (QED) is 0.752. The van der Waals surface area contributed by atoms with Gasteiger partial charge in [0, 0.05) is 11.2 Å². The minimum absolute atomic E-state index is 0.0595. The molecule has 0 radical (unpaired) electrons. The first-order valence-corrected chi connectivity index (χ1v) is 9.12. The van der Waals surface area contributed by atoms with Crippen LogP contribution in [0.15, 0.2) is 48.5 Å². The van der Waals surface area contributed by atoms with Gasteiger partial charge in [-0.2, -0.15) is 0 Å². The molecule has 3 rings (SSSR count). The molecule has 25 heavy (non-hydrogen) atoms. The highest BCUT2D eigenvalue weighted by atomic mass is 79.9. The lowest BCUT2D eigenvalue weighted by atomic mass is 9.98. The van der Waals surface area contributed by atoms with Crippen LogP contribution in [0.5, 0.6) is 0 Å². The summed E-state index contributed by atoms with van der Waals surface area (Å²) in [7, 11) is 0. The van der Waals surface area contributed by atoms with E-state index >= 15 is 0 Å². The number of benzene rings is 2. The minimum atomic E-state index is -1.33. The number of halogens is 1. The van der Waals surface area contributed by atoms with Crippen molar-refractivity contribution in [1.82, 2.24) is 5.32 Å². The Morgan fingerprint density at radius 3 is 2.16 bits per heavy atom. The number of hydrogen-bond donors (Lipinski definition) is 1. The summed E-state index contributed by atoms with van der Waals surface area (Å²) < 4.78 is 5.31. The Hall–Kier alpha value is -2.34. The van der Waals surface area contributed by atoms with Gasteiger partial charge in [-0.05, 0) is 28.7 Å². The zero-order valence-electron chi connectivity index (χ0n) is 13.4. The van der Waals surface area contributed by atoms with Gasteiger partial charge in [0.15, 0.2) is 0 Å². The summed E-state index contributed by atoms with van der Waals surface area (Å²) in [5.74, 6) is -1.39. The number of carboxylic acid groups (broad SMARTS) is 1. The van der Waals surface area contributed by atoms with Crippen molar-refractivity contribution >= 4 is 28.0 Å². The van der Waals surface area contributed by atoms with Crippen LogP contribution in [0.4, 0.5) is 4.79 Å². The molecule has 6 heteroatoms. The number of rotatable bonds is 6. The Balaban J connectivity index is 1.71.